The van der Waals surface area contributed by atoms with Crippen LogP contribution in [0.15, 0.2) is 4.99 Å². The van der Waals surface area contributed by atoms with E-state index in [2.05, 4.69) is 15.2 Å². The molecule has 2 unspecified atom stereocenters. The van der Waals surface area contributed by atoms with Gasteiger partial charge in [-0.05, 0) is 32.1 Å². The Kier molecular flexibility index (Phi) is 5.98. The van der Waals surface area contributed by atoms with Crippen LogP contribution in [0.3, 0.4) is 0 Å². The van der Waals surface area contributed by atoms with Gasteiger partial charge in [0.05, 0.1) is 6.10 Å². The van der Waals surface area contributed by atoms with Crippen molar-refractivity contribution in [2.75, 3.05) is 40.3 Å². The van der Waals surface area contributed by atoms with Crippen LogP contribution in [0.25, 0.3) is 0 Å². The number of carbonyl (C=O) groups is 1. The Labute approximate surface area is 145 Å². The van der Waals surface area contributed by atoms with Gasteiger partial charge in [0.25, 0.3) is 0 Å². The Morgan fingerprint density at radius 1 is 1.21 bits per heavy atom. The van der Waals surface area contributed by atoms with Crippen LogP contribution in [-0.4, -0.2) is 74.1 Å². The molecule has 0 aromatic rings. The van der Waals surface area contributed by atoms with Gasteiger partial charge in [0, 0.05) is 45.8 Å². The summed E-state index contributed by atoms with van der Waals surface area (Å²) in [6.45, 7) is 3.11. The highest BCUT2D eigenvalue weighted by Gasteiger charge is 2.34. The molecule has 2 aliphatic heterocycles. The highest BCUT2D eigenvalue weighted by molar-refractivity contribution is 5.85. The Morgan fingerprint density at radius 3 is 2.75 bits per heavy atom. The summed E-state index contributed by atoms with van der Waals surface area (Å²) < 4.78 is 5.93. The molecule has 3 rings (SSSR count). The van der Waals surface area contributed by atoms with E-state index in [-0.39, 0.29) is 12.5 Å². The van der Waals surface area contributed by atoms with Gasteiger partial charge in [-0.25, -0.2) is 4.99 Å². The molecular formula is C18H32N4O2. The van der Waals surface area contributed by atoms with Gasteiger partial charge in [-0.1, -0.05) is 12.8 Å². The van der Waals surface area contributed by atoms with Crippen LogP contribution < -0.4 is 5.32 Å². The van der Waals surface area contributed by atoms with Crippen molar-refractivity contribution in [3.8, 4) is 0 Å². The zero-order chi connectivity index (χ0) is 16.9. The number of fused-ring (bicyclic) bond motifs is 1. The molecule has 24 heavy (non-hydrogen) atoms. The first-order chi connectivity index (χ1) is 11.6. The second kappa shape index (κ2) is 8.19. The number of piperidine rings is 1. The van der Waals surface area contributed by atoms with Gasteiger partial charge < -0.3 is 19.9 Å². The molecule has 2 saturated heterocycles. The second-order valence-electron chi connectivity index (χ2n) is 7.60. The van der Waals surface area contributed by atoms with E-state index in [9.17, 15) is 4.79 Å². The lowest BCUT2D eigenvalue weighted by molar-refractivity contribution is -0.127. The quantitative estimate of drug-likeness (QED) is 0.626. The monoisotopic (exact) mass is 336 g/mol. The number of nitrogens with zero attached hydrogens (tertiary/aromatic N) is 3. The lowest BCUT2D eigenvalue weighted by atomic mass is 9.88. The molecule has 6 nitrogen and oxygen atoms in total. The summed E-state index contributed by atoms with van der Waals surface area (Å²) in [6.07, 6.45) is 8.90. The molecule has 0 radical (unpaired) electrons. The number of aliphatic imine (C=N–C) groups is 1. The van der Waals surface area contributed by atoms with Gasteiger partial charge in [0.1, 0.15) is 6.54 Å². The fourth-order valence-electron chi connectivity index (χ4n) is 4.05. The van der Waals surface area contributed by atoms with Crippen molar-refractivity contribution < 1.29 is 9.53 Å². The lowest BCUT2D eigenvalue weighted by Gasteiger charge is -2.42. The fraction of sp³-hybridized carbons (Fsp3) is 0.889. The predicted molar refractivity (Wildman–Crippen MR) is 95.0 cm³/mol. The van der Waals surface area contributed by atoms with Crippen molar-refractivity contribution in [3.63, 3.8) is 0 Å². The Balaban J connectivity index is 1.65. The average molecular weight is 336 g/mol. The molecule has 1 amide bonds. The number of rotatable bonds is 3. The van der Waals surface area contributed by atoms with E-state index in [1.165, 1.54) is 32.1 Å². The number of hydrogen-bond acceptors (Lipinski definition) is 3. The molecule has 1 aliphatic carbocycles. The number of hydrogen-bond donors (Lipinski definition) is 1. The van der Waals surface area contributed by atoms with Crippen LogP contribution >= 0.6 is 0 Å². The van der Waals surface area contributed by atoms with Crippen molar-refractivity contribution in [2.24, 2.45) is 10.9 Å². The summed E-state index contributed by atoms with van der Waals surface area (Å²) >= 11 is 0. The van der Waals surface area contributed by atoms with Crippen molar-refractivity contribution in [3.05, 3.63) is 0 Å². The summed E-state index contributed by atoms with van der Waals surface area (Å²) in [4.78, 5) is 20.6. The maximum absolute atomic E-state index is 11.9. The van der Waals surface area contributed by atoms with Crippen molar-refractivity contribution >= 4 is 11.9 Å². The van der Waals surface area contributed by atoms with Gasteiger partial charge in [-0.3, -0.25) is 4.79 Å². The maximum atomic E-state index is 11.9. The normalized spacial score (nSPS) is 28.6. The summed E-state index contributed by atoms with van der Waals surface area (Å²) in [5.41, 5.74) is 0. The Bertz CT molecular complexity index is 460. The molecule has 136 valence electrons. The van der Waals surface area contributed by atoms with E-state index in [0.717, 1.165) is 38.5 Å². The largest absolute Gasteiger partial charge is 0.378 e. The molecule has 0 aromatic heterocycles. The number of guanidine groups is 1. The molecule has 0 bridgehead atoms. The minimum absolute atomic E-state index is 0.0524. The molecule has 0 aromatic carbocycles. The number of carbonyl (C=O) groups excluding carboxylic acids is 1. The molecule has 1 saturated carbocycles. The number of ether oxygens (including phenoxy) is 1. The highest BCUT2D eigenvalue weighted by atomic mass is 16.5. The van der Waals surface area contributed by atoms with Gasteiger partial charge >= 0.3 is 0 Å². The fourth-order valence-corrected chi connectivity index (χ4v) is 4.05. The smallest absolute Gasteiger partial charge is 0.243 e. The van der Waals surface area contributed by atoms with Gasteiger partial charge in [-0.15, -0.1) is 0 Å². The van der Waals surface area contributed by atoms with E-state index < -0.39 is 0 Å². The summed E-state index contributed by atoms with van der Waals surface area (Å²) in [6, 6.07) is 0.513. The molecular weight excluding hydrogens is 304 g/mol. The maximum Gasteiger partial charge on any atom is 0.243 e. The van der Waals surface area contributed by atoms with E-state index in [0.29, 0.717) is 18.1 Å². The highest BCUT2D eigenvalue weighted by Crippen LogP contribution is 2.28. The number of likely N-dealkylation sites (tertiary alicyclic amines) is 1. The van der Waals surface area contributed by atoms with Gasteiger partial charge in [-0.2, -0.15) is 0 Å². The number of nitrogens with one attached hydrogen (secondary N) is 1. The van der Waals surface area contributed by atoms with Crippen LogP contribution in [0.5, 0.6) is 0 Å². The first kappa shape index (κ1) is 17.5. The molecule has 0 spiro atoms. The molecule has 2 atom stereocenters. The topological polar surface area (TPSA) is 57.2 Å². The van der Waals surface area contributed by atoms with E-state index in [1.807, 2.05) is 0 Å². The zero-order valence-electron chi connectivity index (χ0n) is 15.2. The molecule has 1 N–H and O–H groups in total. The minimum Gasteiger partial charge on any atom is -0.378 e. The second-order valence-corrected chi connectivity index (χ2v) is 7.60. The summed E-state index contributed by atoms with van der Waals surface area (Å²) in [5, 5.41) is 3.64. The van der Waals surface area contributed by atoms with Crippen molar-refractivity contribution in [1.29, 1.82) is 0 Å². The first-order valence-corrected chi connectivity index (χ1v) is 9.51. The molecule has 3 fully saturated rings. The Morgan fingerprint density at radius 2 is 2.00 bits per heavy atom. The lowest BCUT2D eigenvalue weighted by Crippen LogP contribution is -2.53. The third kappa shape index (κ3) is 4.41. The van der Waals surface area contributed by atoms with Crippen LogP contribution in [0.1, 0.15) is 44.9 Å². The van der Waals surface area contributed by atoms with Crippen LogP contribution in [-0.2, 0) is 9.53 Å². The number of likely N-dealkylation sites (N-methyl/N-ethyl adjacent to an activating group) is 1. The first-order valence-electron chi connectivity index (χ1n) is 9.51. The third-order valence-corrected chi connectivity index (χ3v) is 5.57. The minimum atomic E-state index is 0.0524. The molecule has 2 heterocycles. The Hall–Kier alpha value is -1.30. The van der Waals surface area contributed by atoms with Crippen LogP contribution in [0.2, 0.25) is 0 Å². The van der Waals surface area contributed by atoms with E-state index in [4.69, 9.17) is 4.74 Å². The molecule has 3 aliphatic rings. The summed E-state index contributed by atoms with van der Waals surface area (Å²) in [7, 11) is 3.57. The summed E-state index contributed by atoms with van der Waals surface area (Å²) in [5.74, 6) is 1.59. The molecule has 6 heteroatoms. The van der Waals surface area contributed by atoms with Crippen molar-refractivity contribution in [1.82, 2.24) is 15.1 Å². The van der Waals surface area contributed by atoms with Crippen molar-refractivity contribution in [2.45, 2.75) is 57.1 Å². The van der Waals surface area contributed by atoms with Crippen LogP contribution in [0, 0.1) is 5.92 Å². The predicted octanol–water partition coefficient (Wildman–Crippen LogP) is 1.46. The average Bonchev–Trinajstić information content (AvgIpc) is 3.10. The van der Waals surface area contributed by atoms with Crippen LogP contribution in [0.4, 0.5) is 0 Å². The zero-order valence-corrected chi connectivity index (χ0v) is 15.2. The standard InChI is InChI=1S/C18H32N4O2/c1-21(2)17(23)12-19-18(20-15-7-3-4-8-15)22-10-9-16-14(13-22)6-5-11-24-16/h14-16H,3-13H2,1-2H3,(H,19,20). The van der Waals surface area contributed by atoms with E-state index in [1.54, 1.807) is 19.0 Å². The SMILES string of the molecule is CN(C)C(=O)CN=C(NC1CCCC1)N1CCC2OCCCC2C1. The number of amides is 1. The van der Waals surface area contributed by atoms with E-state index >= 15 is 0 Å². The van der Waals surface area contributed by atoms with Gasteiger partial charge in [0.15, 0.2) is 5.96 Å². The third-order valence-electron chi connectivity index (χ3n) is 5.57. The van der Waals surface area contributed by atoms with Gasteiger partial charge in [0.2, 0.25) is 5.91 Å².